The van der Waals surface area contributed by atoms with Crippen LogP contribution < -0.4 is 15.4 Å². The normalized spacial score (nSPS) is 29.1. The van der Waals surface area contributed by atoms with E-state index in [2.05, 4.69) is 17.6 Å². The highest BCUT2D eigenvalue weighted by molar-refractivity contribution is 5.80. The molecule has 4 heteroatoms. The van der Waals surface area contributed by atoms with Crippen LogP contribution in [0.3, 0.4) is 0 Å². The number of hydrogen-bond acceptors (Lipinski definition) is 3. The summed E-state index contributed by atoms with van der Waals surface area (Å²) in [4.78, 5) is 12.3. The van der Waals surface area contributed by atoms with Crippen molar-refractivity contribution >= 4 is 5.91 Å². The summed E-state index contributed by atoms with van der Waals surface area (Å²) in [5, 5.41) is 6.57. The summed E-state index contributed by atoms with van der Waals surface area (Å²) in [7, 11) is 0. The van der Waals surface area contributed by atoms with Gasteiger partial charge in [0.2, 0.25) is 5.91 Å². The highest BCUT2D eigenvalue weighted by Crippen LogP contribution is 2.27. The van der Waals surface area contributed by atoms with E-state index in [0.29, 0.717) is 12.6 Å². The molecule has 0 aromatic heterocycles. The predicted octanol–water partition coefficient (Wildman–Crippen LogP) is 1.49. The van der Waals surface area contributed by atoms with Crippen LogP contribution in [0.25, 0.3) is 0 Å². The molecular formula is C16H22N2O2. The first-order valence-corrected chi connectivity index (χ1v) is 7.47. The van der Waals surface area contributed by atoms with Gasteiger partial charge in [-0.1, -0.05) is 18.2 Å². The molecule has 2 aliphatic rings. The van der Waals surface area contributed by atoms with Gasteiger partial charge in [-0.2, -0.15) is 0 Å². The molecular weight excluding hydrogens is 252 g/mol. The summed E-state index contributed by atoms with van der Waals surface area (Å²) >= 11 is 0. The first kappa shape index (κ1) is 13.4. The molecule has 1 aromatic rings. The van der Waals surface area contributed by atoms with Gasteiger partial charge in [-0.15, -0.1) is 0 Å². The molecule has 1 fully saturated rings. The molecule has 1 saturated heterocycles. The number of ether oxygens (including phenoxy) is 1. The van der Waals surface area contributed by atoms with Gasteiger partial charge in [-0.25, -0.2) is 0 Å². The number of fused-ring (bicyclic) bond motifs is 1. The van der Waals surface area contributed by atoms with E-state index in [0.717, 1.165) is 37.1 Å². The number of hydrogen-bond donors (Lipinski definition) is 2. The third-order valence-corrected chi connectivity index (χ3v) is 4.26. The number of rotatable bonds is 2. The second-order valence-corrected chi connectivity index (χ2v) is 5.91. The minimum absolute atomic E-state index is 0.0655. The van der Waals surface area contributed by atoms with E-state index < -0.39 is 0 Å². The van der Waals surface area contributed by atoms with Crippen molar-refractivity contribution in [3.8, 4) is 5.75 Å². The van der Waals surface area contributed by atoms with Crippen LogP contribution in [-0.4, -0.2) is 31.1 Å². The van der Waals surface area contributed by atoms with Crippen LogP contribution in [0.4, 0.5) is 0 Å². The van der Waals surface area contributed by atoms with E-state index in [1.807, 2.05) is 24.3 Å². The summed E-state index contributed by atoms with van der Waals surface area (Å²) in [6, 6.07) is 8.79. The van der Waals surface area contributed by atoms with Crippen LogP contribution in [0.1, 0.15) is 25.3 Å². The standard InChI is InChI=1S/C16H22N2O2/c1-11-6-7-14(9-17-11)18-16(19)13-8-12-4-2-3-5-15(12)20-10-13/h2-5,11,13-14,17H,6-10H2,1H3,(H,18,19). The van der Waals surface area contributed by atoms with Gasteiger partial charge in [0, 0.05) is 18.6 Å². The van der Waals surface area contributed by atoms with Crippen molar-refractivity contribution in [1.82, 2.24) is 10.6 Å². The summed E-state index contributed by atoms with van der Waals surface area (Å²) in [6.45, 7) is 3.54. The third kappa shape index (κ3) is 2.96. The van der Waals surface area contributed by atoms with Gasteiger partial charge in [0.15, 0.2) is 0 Å². The van der Waals surface area contributed by atoms with E-state index in [9.17, 15) is 4.79 Å². The second kappa shape index (κ2) is 5.83. The van der Waals surface area contributed by atoms with E-state index in [1.165, 1.54) is 0 Å². The molecule has 2 N–H and O–H groups in total. The summed E-state index contributed by atoms with van der Waals surface area (Å²) in [5.74, 6) is 0.981. The zero-order valence-corrected chi connectivity index (χ0v) is 11.9. The van der Waals surface area contributed by atoms with E-state index >= 15 is 0 Å². The van der Waals surface area contributed by atoms with Crippen molar-refractivity contribution in [3.05, 3.63) is 29.8 Å². The number of para-hydroxylation sites is 1. The summed E-state index contributed by atoms with van der Waals surface area (Å²) < 4.78 is 5.69. The van der Waals surface area contributed by atoms with Crippen molar-refractivity contribution in [3.63, 3.8) is 0 Å². The van der Waals surface area contributed by atoms with Gasteiger partial charge in [0.25, 0.3) is 0 Å². The quantitative estimate of drug-likeness (QED) is 0.859. The number of carbonyl (C=O) groups excluding carboxylic acids is 1. The molecule has 1 amide bonds. The van der Waals surface area contributed by atoms with Crippen LogP contribution in [-0.2, 0) is 11.2 Å². The Hall–Kier alpha value is -1.55. The van der Waals surface area contributed by atoms with Crippen molar-refractivity contribution in [2.24, 2.45) is 5.92 Å². The number of nitrogens with one attached hydrogen (secondary N) is 2. The molecule has 0 saturated carbocycles. The lowest BCUT2D eigenvalue weighted by atomic mass is 9.95. The van der Waals surface area contributed by atoms with Crippen LogP contribution in [0.15, 0.2) is 24.3 Å². The molecule has 1 aromatic carbocycles. The summed E-state index contributed by atoms with van der Waals surface area (Å²) in [5.41, 5.74) is 1.13. The van der Waals surface area contributed by atoms with Crippen LogP contribution >= 0.6 is 0 Å². The van der Waals surface area contributed by atoms with Gasteiger partial charge in [-0.3, -0.25) is 4.79 Å². The Morgan fingerprint density at radius 1 is 1.35 bits per heavy atom. The number of piperidine rings is 1. The Labute approximate surface area is 119 Å². The molecule has 3 rings (SSSR count). The molecule has 0 radical (unpaired) electrons. The topological polar surface area (TPSA) is 50.4 Å². The minimum atomic E-state index is -0.0655. The minimum Gasteiger partial charge on any atom is -0.492 e. The SMILES string of the molecule is CC1CCC(NC(=O)C2COc3ccccc3C2)CN1. The number of benzene rings is 1. The van der Waals surface area contributed by atoms with Crippen molar-refractivity contribution in [1.29, 1.82) is 0 Å². The predicted molar refractivity (Wildman–Crippen MR) is 77.8 cm³/mol. The lowest BCUT2D eigenvalue weighted by molar-refractivity contribution is -0.127. The molecule has 0 spiro atoms. The highest BCUT2D eigenvalue weighted by atomic mass is 16.5. The molecule has 2 heterocycles. The molecule has 3 atom stereocenters. The maximum absolute atomic E-state index is 12.3. The Balaban J connectivity index is 1.56. The van der Waals surface area contributed by atoms with E-state index in [4.69, 9.17) is 4.74 Å². The zero-order valence-electron chi connectivity index (χ0n) is 11.9. The van der Waals surface area contributed by atoms with Crippen molar-refractivity contribution in [2.75, 3.05) is 13.2 Å². The number of amides is 1. The average molecular weight is 274 g/mol. The second-order valence-electron chi connectivity index (χ2n) is 5.91. The van der Waals surface area contributed by atoms with E-state index in [-0.39, 0.29) is 17.9 Å². The molecule has 108 valence electrons. The fourth-order valence-corrected chi connectivity index (χ4v) is 2.94. The smallest absolute Gasteiger partial charge is 0.227 e. The molecule has 4 nitrogen and oxygen atoms in total. The van der Waals surface area contributed by atoms with Gasteiger partial charge < -0.3 is 15.4 Å². The fourth-order valence-electron chi connectivity index (χ4n) is 2.94. The third-order valence-electron chi connectivity index (χ3n) is 4.26. The monoisotopic (exact) mass is 274 g/mol. The summed E-state index contributed by atoms with van der Waals surface area (Å²) in [6.07, 6.45) is 2.96. The Kier molecular flexibility index (Phi) is 3.92. The molecule has 0 bridgehead atoms. The molecule has 3 unspecified atom stereocenters. The maximum Gasteiger partial charge on any atom is 0.227 e. The average Bonchev–Trinajstić information content (AvgIpc) is 2.49. The van der Waals surface area contributed by atoms with Crippen molar-refractivity contribution < 1.29 is 9.53 Å². The van der Waals surface area contributed by atoms with E-state index in [1.54, 1.807) is 0 Å². The van der Waals surface area contributed by atoms with Gasteiger partial charge in [-0.05, 0) is 37.8 Å². The number of carbonyl (C=O) groups is 1. The Bertz CT molecular complexity index is 481. The maximum atomic E-state index is 12.3. The van der Waals surface area contributed by atoms with Crippen LogP contribution in [0.2, 0.25) is 0 Å². The highest BCUT2D eigenvalue weighted by Gasteiger charge is 2.28. The van der Waals surface area contributed by atoms with Crippen molar-refractivity contribution in [2.45, 2.75) is 38.3 Å². The lowest BCUT2D eigenvalue weighted by Gasteiger charge is -2.31. The Morgan fingerprint density at radius 3 is 3.00 bits per heavy atom. The molecule has 0 aliphatic carbocycles. The largest absolute Gasteiger partial charge is 0.492 e. The van der Waals surface area contributed by atoms with Gasteiger partial charge in [0.05, 0.1) is 5.92 Å². The lowest BCUT2D eigenvalue weighted by Crippen LogP contribution is -2.51. The first-order chi connectivity index (χ1) is 9.72. The molecule has 20 heavy (non-hydrogen) atoms. The molecule has 2 aliphatic heterocycles. The fraction of sp³-hybridized carbons (Fsp3) is 0.562. The van der Waals surface area contributed by atoms with Gasteiger partial charge >= 0.3 is 0 Å². The Morgan fingerprint density at radius 2 is 2.20 bits per heavy atom. The zero-order chi connectivity index (χ0) is 13.9. The first-order valence-electron chi connectivity index (χ1n) is 7.47. The van der Waals surface area contributed by atoms with Crippen LogP contribution in [0.5, 0.6) is 5.75 Å². The van der Waals surface area contributed by atoms with Gasteiger partial charge in [0.1, 0.15) is 12.4 Å². The van der Waals surface area contributed by atoms with Crippen LogP contribution in [0, 0.1) is 5.92 Å².